The molecule has 6 nitrogen and oxygen atoms in total. The minimum Gasteiger partial charge on any atom is -0.490 e. The molecule has 2 fully saturated rings. The van der Waals surface area contributed by atoms with E-state index in [2.05, 4.69) is 9.88 Å². The van der Waals surface area contributed by atoms with Crippen LogP contribution < -0.4 is 4.74 Å². The summed E-state index contributed by atoms with van der Waals surface area (Å²) in [5.74, 6) is 2.52. The molecule has 1 saturated heterocycles. The summed E-state index contributed by atoms with van der Waals surface area (Å²) in [5.41, 5.74) is 1.82. The van der Waals surface area contributed by atoms with Gasteiger partial charge in [0.05, 0.1) is 6.54 Å². The molecule has 0 bridgehead atoms. The molecule has 1 amide bonds. The summed E-state index contributed by atoms with van der Waals surface area (Å²) >= 11 is 0. The number of aromatic nitrogens is 1. The van der Waals surface area contributed by atoms with Crippen LogP contribution in [0.5, 0.6) is 5.75 Å². The van der Waals surface area contributed by atoms with Crippen LogP contribution in [-0.2, 0) is 17.8 Å². The number of ether oxygens (including phenoxy) is 1. The lowest BCUT2D eigenvalue weighted by molar-refractivity contribution is -0.129. The van der Waals surface area contributed by atoms with Crippen LogP contribution in [0.2, 0.25) is 0 Å². The van der Waals surface area contributed by atoms with Crippen molar-refractivity contribution >= 4 is 5.91 Å². The molecule has 5 rings (SSSR count). The number of nitrogens with zero attached hydrogens (tertiary/aromatic N) is 3. The van der Waals surface area contributed by atoms with Crippen molar-refractivity contribution < 1.29 is 13.9 Å². The van der Waals surface area contributed by atoms with Crippen LogP contribution in [0.4, 0.5) is 0 Å². The molecule has 154 valence electrons. The minimum atomic E-state index is 0.0835. The second-order valence-corrected chi connectivity index (χ2v) is 8.57. The summed E-state index contributed by atoms with van der Waals surface area (Å²) in [6.07, 6.45) is 7.42. The van der Waals surface area contributed by atoms with E-state index < -0.39 is 0 Å². The molecule has 1 aliphatic carbocycles. The second-order valence-electron chi connectivity index (χ2n) is 8.57. The number of hydrogen-bond donors (Lipinski definition) is 0. The Labute approximate surface area is 171 Å². The molecule has 1 aromatic heterocycles. The fraction of sp³-hybridized carbons (Fsp3) is 0.565. The van der Waals surface area contributed by atoms with Gasteiger partial charge in [0.15, 0.2) is 0 Å². The molecule has 0 unspecified atom stereocenters. The first-order valence-electron chi connectivity index (χ1n) is 10.9. The third-order valence-electron chi connectivity index (χ3n) is 6.55. The van der Waals surface area contributed by atoms with Gasteiger partial charge in [-0.1, -0.05) is 6.42 Å². The van der Waals surface area contributed by atoms with Crippen LogP contribution in [0.3, 0.4) is 0 Å². The van der Waals surface area contributed by atoms with E-state index in [0.29, 0.717) is 31.1 Å². The first-order chi connectivity index (χ1) is 14.2. The average molecular weight is 396 g/mol. The number of benzene rings is 1. The Kier molecular flexibility index (Phi) is 5.04. The number of hydrogen-bond acceptors (Lipinski definition) is 5. The Morgan fingerprint density at radius 3 is 2.59 bits per heavy atom. The highest BCUT2D eigenvalue weighted by molar-refractivity contribution is 5.73. The molecule has 1 saturated carbocycles. The lowest BCUT2D eigenvalue weighted by atomic mass is 9.86. The fourth-order valence-electron chi connectivity index (χ4n) is 4.68. The van der Waals surface area contributed by atoms with Crippen molar-refractivity contribution in [2.75, 3.05) is 19.6 Å². The second kappa shape index (κ2) is 7.82. The Hall–Kier alpha value is -2.34. The van der Waals surface area contributed by atoms with Crippen LogP contribution in [0.1, 0.15) is 50.5 Å². The molecular weight excluding hydrogens is 366 g/mol. The monoisotopic (exact) mass is 395 g/mol. The molecule has 0 atom stereocenters. The quantitative estimate of drug-likeness (QED) is 0.791. The van der Waals surface area contributed by atoms with Crippen molar-refractivity contribution in [1.29, 1.82) is 0 Å². The van der Waals surface area contributed by atoms with E-state index in [1.165, 1.54) is 32.4 Å². The average Bonchev–Trinajstić information content (AvgIpc) is 3.15. The molecule has 6 heteroatoms. The van der Waals surface area contributed by atoms with Crippen molar-refractivity contribution in [3.63, 3.8) is 0 Å². The zero-order chi connectivity index (χ0) is 19.8. The predicted octanol–water partition coefficient (Wildman–Crippen LogP) is 3.64. The first-order valence-corrected chi connectivity index (χ1v) is 10.9. The molecule has 0 radical (unpaired) electrons. The van der Waals surface area contributed by atoms with Gasteiger partial charge in [0, 0.05) is 44.3 Å². The first kappa shape index (κ1) is 18.7. The van der Waals surface area contributed by atoms with Gasteiger partial charge >= 0.3 is 0 Å². The van der Waals surface area contributed by atoms with E-state index in [4.69, 9.17) is 9.15 Å². The lowest BCUT2D eigenvalue weighted by Gasteiger charge is -2.44. The van der Waals surface area contributed by atoms with E-state index in [9.17, 15) is 4.79 Å². The molecule has 3 heterocycles. The van der Waals surface area contributed by atoms with Crippen molar-refractivity contribution in [1.82, 2.24) is 14.8 Å². The molecule has 1 aromatic carbocycles. The normalized spacial score (nSPS) is 24.7. The maximum Gasteiger partial charge on any atom is 0.226 e. The van der Waals surface area contributed by atoms with Crippen molar-refractivity contribution in [3.05, 3.63) is 35.7 Å². The van der Waals surface area contributed by atoms with Gasteiger partial charge in [-0.2, -0.15) is 0 Å². The summed E-state index contributed by atoms with van der Waals surface area (Å²) in [6, 6.07) is 8.75. The molecular formula is C23H29N3O3. The lowest BCUT2D eigenvalue weighted by Crippen LogP contribution is -2.50. The molecule has 29 heavy (non-hydrogen) atoms. The van der Waals surface area contributed by atoms with Crippen LogP contribution in [0.15, 0.2) is 28.7 Å². The Morgan fingerprint density at radius 1 is 1.10 bits per heavy atom. The Bertz CT molecular complexity index is 864. The largest absolute Gasteiger partial charge is 0.490 e. The Balaban J connectivity index is 1.18. The number of amides is 1. The van der Waals surface area contributed by atoms with E-state index in [1.54, 1.807) is 11.8 Å². The standard InChI is InChI=1S/C23H29N3O3/c1-16(27)26-12-9-22-21(15-26)24-23(29-22)17-5-7-19(8-6-17)28-20-13-18(14-20)25-10-3-2-4-11-25/h5-8,18,20H,2-4,9-15H2,1H3/t18-,20-. The molecule has 0 N–H and O–H groups in total. The fourth-order valence-corrected chi connectivity index (χ4v) is 4.68. The number of rotatable bonds is 4. The van der Waals surface area contributed by atoms with Gasteiger partial charge in [0.2, 0.25) is 11.8 Å². The highest BCUT2D eigenvalue weighted by Gasteiger charge is 2.35. The molecule has 0 spiro atoms. The summed E-state index contributed by atoms with van der Waals surface area (Å²) in [7, 11) is 0. The predicted molar refractivity (Wildman–Crippen MR) is 110 cm³/mol. The van der Waals surface area contributed by atoms with E-state index in [-0.39, 0.29) is 5.91 Å². The van der Waals surface area contributed by atoms with E-state index in [0.717, 1.165) is 42.0 Å². The molecule has 2 aliphatic heterocycles. The van der Waals surface area contributed by atoms with Gasteiger partial charge in [-0.3, -0.25) is 4.79 Å². The van der Waals surface area contributed by atoms with Crippen LogP contribution in [0, 0.1) is 0 Å². The topological polar surface area (TPSA) is 58.8 Å². The minimum absolute atomic E-state index is 0.0835. The van der Waals surface area contributed by atoms with E-state index in [1.807, 2.05) is 24.3 Å². The Morgan fingerprint density at radius 2 is 1.86 bits per heavy atom. The van der Waals surface area contributed by atoms with Crippen molar-refractivity contribution in [3.8, 4) is 17.2 Å². The van der Waals surface area contributed by atoms with Crippen molar-refractivity contribution in [2.24, 2.45) is 0 Å². The zero-order valence-corrected chi connectivity index (χ0v) is 17.1. The number of oxazole rings is 1. The summed E-state index contributed by atoms with van der Waals surface area (Å²) in [4.78, 5) is 20.7. The number of fused-ring (bicyclic) bond motifs is 1. The summed E-state index contributed by atoms with van der Waals surface area (Å²) in [5, 5.41) is 0. The van der Waals surface area contributed by atoms with Gasteiger partial charge < -0.3 is 19.0 Å². The van der Waals surface area contributed by atoms with Crippen molar-refractivity contribution in [2.45, 2.75) is 64.1 Å². The highest BCUT2D eigenvalue weighted by Crippen LogP contribution is 2.33. The van der Waals surface area contributed by atoms with Crippen LogP contribution in [-0.4, -0.2) is 52.5 Å². The van der Waals surface area contributed by atoms with Gasteiger partial charge in [0.25, 0.3) is 0 Å². The van der Waals surface area contributed by atoms with Crippen LogP contribution in [0.25, 0.3) is 11.5 Å². The van der Waals surface area contributed by atoms with Gasteiger partial charge in [-0.25, -0.2) is 4.98 Å². The number of piperidine rings is 1. The maximum absolute atomic E-state index is 11.6. The van der Waals surface area contributed by atoms with E-state index >= 15 is 0 Å². The highest BCUT2D eigenvalue weighted by atomic mass is 16.5. The van der Waals surface area contributed by atoms with Crippen LogP contribution >= 0.6 is 0 Å². The van der Waals surface area contributed by atoms with Gasteiger partial charge in [-0.15, -0.1) is 0 Å². The summed E-state index contributed by atoms with van der Waals surface area (Å²) in [6.45, 7) is 5.35. The molecule has 2 aromatic rings. The van der Waals surface area contributed by atoms with Gasteiger partial charge in [0.1, 0.15) is 23.3 Å². The number of carbonyl (C=O) groups is 1. The third-order valence-corrected chi connectivity index (χ3v) is 6.55. The maximum atomic E-state index is 11.6. The SMILES string of the molecule is CC(=O)N1CCc2oc(-c3ccc(O[C@H]4C[C@H](N5CCCCC5)C4)cc3)nc2C1. The number of likely N-dealkylation sites (tertiary alicyclic amines) is 1. The smallest absolute Gasteiger partial charge is 0.226 e. The molecule has 3 aliphatic rings. The third kappa shape index (κ3) is 3.90. The summed E-state index contributed by atoms with van der Waals surface area (Å²) < 4.78 is 12.1. The van der Waals surface area contributed by atoms with Gasteiger partial charge in [-0.05, 0) is 50.2 Å². The zero-order valence-electron chi connectivity index (χ0n) is 17.1. The number of carbonyl (C=O) groups excluding carboxylic acids is 1.